The zero-order valence-corrected chi connectivity index (χ0v) is 29.3. The molecule has 0 aliphatic rings. The second kappa shape index (κ2) is 14.0. The SMILES string of the molecule is [C-]#[N+]c1cc(OC)c(OC)c(C#CC(c2ccc([SiH3])cc2)(c2ccc([SiH2]OC)cc2)c2ccc([SiH2]OC)cc2)c1[N+]#[C-]. The van der Waals surface area contributed by atoms with Gasteiger partial charge in [-0.25, -0.2) is 9.69 Å². The minimum absolute atomic E-state index is 0.141. The van der Waals surface area contributed by atoms with E-state index in [1.807, 2.05) is 0 Å². The van der Waals surface area contributed by atoms with Gasteiger partial charge in [0.05, 0.1) is 32.9 Å². The monoisotopic (exact) mass is 604 g/mol. The van der Waals surface area contributed by atoms with Crippen molar-refractivity contribution in [1.82, 2.24) is 0 Å². The molecule has 4 aromatic carbocycles. The summed E-state index contributed by atoms with van der Waals surface area (Å²) >= 11 is 0. The molecule has 0 atom stereocenters. The lowest BCUT2D eigenvalue weighted by Gasteiger charge is -2.31. The molecule has 0 amide bonds. The normalized spacial score (nSPS) is 12.4. The van der Waals surface area contributed by atoms with Gasteiger partial charge in [0.25, 0.3) is 0 Å². The summed E-state index contributed by atoms with van der Waals surface area (Å²) in [4.78, 5) is 7.29. The first kappa shape index (κ1) is 30.5. The Bertz CT molecular complexity index is 1650. The van der Waals surface area contributed by atoms with Crippen LogP contribution in [0.1, 0.15) is 22.3 Å². The van der Waals surface area contributed by atoms with Crippen molar-refractivity contribution in [3.05, 3.63) is 124 Å². The number of rotatable bonds is 9. The summed E-state index contributed by atoms with van der Waals surface area (Å²) in [5.41, 5.74) is 2.70. The van der Waals surface area contributed by atoms with Crippen LogP contribution in [0.25, 0.3) is 9.69 Å². The molecule has 0 saturated carbocycles. The van der Waals surface area contributed by atoms with Crippen molar-refractivity contribution in [2.45, 2.75) is 5.41 Å². The Kier molecular flexibility index (Phi) is 10.2. The molecule has 6 nitrogen and oxygen atoms in total. The molecule has 4 aromatic rings. The predicted octanol–water partition coefficient (Wildman–Crippen LogP) is 1.89. The molecule has 0 aromatic heterocycles. The Morgan fingerprint density at radius 2 is 1.21 bits per heavy atom. The summed E-state index contributed by atoms with van der Waals surface area (Å²) in [6.07, 6.45) is 0. The van der Waals surface area contributed by atoms with Gasteiger partial charge in [-0.05, 0) is 33.1 Å². The third-order valence-electron chi connectivity index (χ3n) is 7.11. The summed E-state index contributed by atoms with van der Waals surface area (Å²) in [7, 11) is 5.79. The zero-order chi connectivity index (χ0) is 30.1. The number of hydrogen-bond acceptors (Lipinski definition) is 4. The van der Waals surface area contributed by atoms with Crippen LogP contribution in [-0.4, -0.2) is 58.2 Å². The van der Waals surface area contributed by atoms with Gasteiger partial charge in [-0.2, -0.15) is 0 Å². The first-order valence-electron chi connectivity index (χ1n) is 13.3. The number of nitrogens with zero attached hydrogens (tertiary/aromatic N) is 2. The molecule has 42 heavy (non-hydrogen) atoms. The first-order chi connectivity index (χ1) is 20.4. The first-order valence-corrected chi connectivity index (χ1v) is 16.8. The molecule has 0 N–H and O–H groups in total. The molecule has 4 rings (SSSR count). The van der Waals surface area contributed by atoms with Crippen molar-refractivity contribution in [2.75, 3.05) is 28.4 Å². The molecule has 0 fully saturated rings. The quantitative estimate of drug-likeness (QED) is 0.127. The van der Waals surface area contributed by atoms with Crippen LogP contribution in [-0.2, 0) is 14.3 Å². The van der Waals surface area contributed by atoms with E-state index in [2.05, 4.69) is 94.3 Å². The van der Waals surface area contributed by atoms with Gasteiger partial charge in [0.1, 0.15) is 11.2 Å². The van der Waals surface area contributed by atoms with Gasteiger partial charge in [-0.3, -0.25) is 0 Å². The summed E-state index contributed by atoms with van der Waals surface area (Å²) in [6, 6.07) is 27.0. The summed E-state index contributed by atoms with van der Waals surface area (Å²) < 4.78 is 22.2. The van der Waals surface area contributed by atoms with Crippen LogP contribution in [0, 0.1) is 25.0 Å². The van der Waals surface area contributed by atoms with Gasteiger partial charge in [-0.15, -0.1) is 0 Å². The van der Waals surface area contributed by atoms with Crippen LogP contribution in [0.15, 0.2) is 78.9 Å². The molecule has 0 aliphatic heterocycles. The van der Waals surface area contributed by atoms with E-state index < -0.39 is 24.9 Å². The fraction of sp³-hybridized carbons (Fsp3) is 0.152. The van der Waals surface area contributed by atoms with Gasteiger partial charge in [-0.1, -0.05) is 89.8 Å². The van der Waals surface area contributed by atoms with Gasteiger partial charge in [0, 0.05) is 24.5 Å². The van der Waals surface area contributed by atoms with Crippen LogP contribution >= 0.6 is 0 Å². The van der Waals surface area contributed by atoms with Crippen LogP contribution in [0.2, 0.25) is 0 Å². The van der Waals surface area contributed by atoms with Crippen LogP contribution < -0.4 is 25.0 Å². The molecule has 0 bridgehead atoms. The number of hydrogen-bond donors (Lipinski definition) is 0. The Morgan fingerprint density at radius 3 is 1.62 bits per heavy atom. The smallest absolute Gasteiger partial charge is 0.213 e. The Balaban J connectivity index is 2.12. The Hall–Kier alpha value is -4.41. The Labute approximate surface area is 255 Å². The van der Waals surface area contributed by atoms with Gasteiger partial charge >= 0.3 is 0 Å². The number of ether oxygens (including phenoxy) is 2. The highest BCUT2D eigenvalue weighted by Gasteiger charge is 2.35. The summed E-state index contributed by atoms with van der Waals surface area (Å²) in [5.74, 6) is 7.63. The van der Waals surface area contributed by atoms with Crippen molar-refractivity contribution < 1.29 is 18.3 Å². The molecular formula is C33H32N2O4Si3. The maximum absolute atomic E-state index is 7.91. The standard InChI is InChI=1S/C33H32N2O4Si3/c1-34-29-21-30(36-3)32(37-4)28(31(29)35-2)19-20-33(22-7-13-25(40)14-8-22,23-9-15-26(16-10-23)41-38-5)24-11-17-27(18-12-24)42-39-6/h7-18,21H,41-42H2,3-6,40H3. The highest BCUT2D eigenvalue weighted by molar-refractivity contribution is 6.47. The molecule has 0 radical (unpaired) electrons. The third-order valence-corrected chi connectivity index (χ3v) is 9.96. The molecule has 210 valence electrons. The Morgan fingerprint density at radius 1 is 0.714 bits per heavy atom. The molecule has 0 spiro atoms. The minimum atomic E-state index is -0.902. The second-order valence-corrected chi connectivity index (χ2v) is 14.2. The van der Waals surface area contributed by atoms with E-state index in [9.17, 15) is 0 Å². The van der Waals surface area contributed by atoms with E-state index in [4.69, 9.17) is 31.5 Å². The van der Waals surface area contributed by atoms with Crippen molar-refractivity contribution in [1.29, 1.82) is 0 Å². The largest absolute Gasteiger partial charge is 0.494 e. The molecule has 0 unspecified atom stereocenters. The number of methoxy groups -OCH3 is 2. The second-order valence-electron chi connectivity index (χ2n) is 9.70. The van der Waals surface area contributed by atoms with Crippen molar-refractivity contribution in [3.8, 4) is 23.3 Å². The molecule has 9 heteroatoms. The zero-order valence-electron chi connectivity index (χ0n) is 24.4. The summed E-state index contributed by atoms with van der Waals surface area (Å²) in [6.45, 7) is 15.6. The number of benzene rings is 4. The maximum atomic E-state index is 7.91. The van der Waals surface area contributed by atoms with E-state index in [0.717, 1.165) is 26.9 Å². The van der Waals surface area contributed by atoms with E-state index >= 15 is 0 Å². The predicted molar refractivity (Wildman–Crippen MR) is 178 cm³/mol. The van der Waals surface area contributed by atoms with E-state index in [0.29, 0.717) is 17.1 Å². The lowest BCUT2D eigenvalue weighted by atomic mass is 9.70. The van der Waals surface area contributed by atoms with Crippen molar-refractivity contribution >= 4 is 56.7 Å². The van der Waals surface area contributed by atoms with Gasteiger partial charge in [0.2, 0.25) is 5.69 Å². The topological polar surface area (TPSA) is 45.6 Å². The van der Waals surface area contributed by atoms with E-state index in [1.54, 1.807) is 14.2 Å². The highest BCUT2D eigenvalue weighted by atomic mass is 28.2. The summed E-state index contributed by atoms with van der Waals surface area (Å²) in [5, 5.41) is 3.65. The van der Waals surface area contributed by atoms with Gasteiger partial charge < -0.3 is 18.3 Å². The third kappa shape index (κ3) is 6.09. The average molecular weight is 605 g/mol. The van der Waals surface area contributed by atoms with Crippen molar-refractivity contribution in [3.63, 3.8) is 0 Å². The van der Waals surface area contributed by atoms with Crippen LogP contribution in [0.3, 0.4) is 0 Å². The average Bonchev–Trinajstić information content (AvgIpc) is 3.02. The van der Waals surface area contributed by atoms with Gasteiger partial charge in [0.15, 0.2) is 31.0 Å². The lowest BCUT2D eigenvalue weighted by molar-refractivity contribution is 0.354. The fourth-order valence-corrected chi connectivity index (χ4v) is 6.85. The fourth-order valence-electron chi connectivity index (χ4n) is 5.00. The lowest BCUT2D eigenvalue weighted by Crippen LogP contribution is -2.30. The molecule has 0 heterocycles. The van der Waals surface area contributed by atoms with Crippen molar-refractivity contribution in [2.24, 2.45) is 0 Å². The molecule has 0 saturated heterocycles. The van der Waals surface area contributed by atoms with Crippen LogP contribution in [0.4, 0.5) is 11.4 Å². The highest BCUT2D eigenvalue weighted by Crippen LogP contribution is 2.45. The molecular weight excluding hydrogens is 573 g/mol. The molecule has 0 aliphatic carbocycles. The van der Waals surface area contributed by atoms with Crippen LogP contribution in [0.5, 0.6) is 11.5 Å². The minimum Gasteiger partial charge on any atom is -0.494 e. The van der Waals surface area contributed by atoms with E-state index in [1.165, 1.54) is 35.8 Å². The van der Waals surface area contributed by atoms with E-state index in [-0.39, 0.29) is 11.4 Å². The maximum Gasteiger partial charge on any atom is 0.213 e.